The molecule has 0 aromatic carbocycles. The molecule has 0 aromatic rings. The minimum Gasteiger partial charge on any atom is -0.381 e. The Balaban J connectivity index is 3.15. The summed E-state index contributed by atoms with van der Waals surface area (Å²) >= 11 is 0. The Morgan fingerprint density at radius 3 is 2.42 bits per heavy atom. The van der Waals surface area contributed by atoms with E-state index in [1.54, 1.807) is 26.0 Å². The second-order valence-electron chi connectivity index (χ2n) is 5.95. The van der Waals surface area contributed by atoms with E-state index in [1.807, 2.05) is 13.8 Å². The summed E-state index contributed by atoms with van der Waals surface area (Å²) in [5, 5.41) is 10.8. The van der Waals surface area contributed by atoms with Crippen LogP contribution in [0.15, 0.2) is 35.5 Å². The molecule has 1 unspecified atom stereocenters. The van der Waals surface area contributed by atoms with Gasteiger partial charge in [-0.3, -0.25) is 9.59 Å². The first-order valence-electron chi connectivity index (χ1n) is 6.40. The van der Waals surface area contributed by atoms with Gasteiger partial charge >= 0.3 is 0 Å². The molecule has 3 heteroatoms. The second-order valence-corrected chi connectivity index (χ2v) is 5.95. The third kappa shape index (κ3) is 3.29. The Kier molecular flexibility index (Phi) is 4.31. The lowest BCUT2D eigenvalue weighted by Crippen LogP contribution is -2.48. The van der Waals surface area contributed by atoms with E-state index < -0.39 is 11.0 Å². The van der Waals surface area contributed by atoms with Crippen LogP contribution in [-0.4, -0.2) is 22.3 Å². The third-order valence-corrected chi connectivity index (χ3v) is 3.65. The molecule has 1 N–H and O–H groups in total. The van der Waals surface area contributed by atoms with Crippen LogP contribution < -0.4 is 0 Å². The molecule has 1 atom stereocenters. The largest absolute Gasteiger partial charge is 0.381 e. The van der Waals surface area contributed by atoms with Crippen LogP contribution in [0.5, 0.6) is 0 Å². The van der Waals surface area contributed by atoms with Gasteiger partial charge in [0.05, 0.1) is 0 Å². The van der Waals surface area contributed by atoms with Crippen LogP contribution in [0.2, 0.25) is 0 Å². The van der Waals surface area contributed by atoms with E-state index in [0.717, 1.165) is 5.57 Å². The number of rotatable bonds is 3. The Bertz CT molecular complexity index is 492. The molecule has 3 nitrogen and oxygen atoms in total. The van der Waals surface area contributed by atoms with Crippen LogP contribution in [0.4, 0.5) is 0 Å². The van der Waals surface area contributed by atoms with Crippen molar-refractivity contribution >= 4 is 11.6 Å². The van der Waals surface area contributed by atoms with Gasteiger partial charge in [0.15, 0.2) is 11.6 Å². The van der Waals surface area contributed by atoms with Gasteiger partial charge in [0.2, 0.25) is 0 Å². The quantitative estimate of drug-likeness (QED) is 0.628. The molecule has 104 valence electrons. The van der Waals surface area contributed by atoms with E-state index in [1.165, 1.54) is 19.1 Å². The van der Waals surface area contributed by atoms with Crippen molar-refractivity contribution in [1.29, 1.82) is 0 Å². The summed E-state index contributed by atoms with van der Waals surface area (Å²) in [6, 6.07) is 0. The number of allylic oxidation sites excluding steroid dienone is 4. The first-order chi connectivity index (χ1) is 8.58. The smallest absolute Gasteiger partial charge is 0.156 e. The predicted octanol–water partition coefficient (Wildman–Crippen LogP) is 2.75. The fourth-order valence-corrected chi connectivity index (χ4v) is 2.48. The van der Waals surface area contributed by atoms with Gasteiger partial charge in [-0.2, -0.15) is 0 Å². The molecule has 0 radical (unpaired) electrons. The molecule has 1 aliphatic rings. The number of aliphatic hydroxyl groups is 1. The predicted molar refractivity (Wildman–Crippen MR) is 75.7 cm³/mol. The summed E-state index contributed by atoms with van der Waals surface area (Å²) in [6.07, 6.45) is 6.73. The molecule has 1 rings (SSSR count). The third-order valence-electron chi connectivity index (χ3n) is 3.65. The number of carbonyl (C=O) groups excluding carboxylic acids is 2. The molecule has 0 fully saturated rings. The summed E-state index contributed by atoms with van der Waals surface area (Å²) in [5.74, 6) is 0.0102. The summed E-state index contributed by atoms with van der Waals surface area (Å²) in [7, 11) is 0. The second kappa shape index (κ2) is 5.25. The minimum absolute atomic E-state index is 0.0283. The van der Waals surface area contributed by atoms with Crippen molar-refractivity contribution in [1.82, 2.24) is 0 Å². The van der Waals surface area contributed by atoms with Gasteiger partial charge in [-0.05, 0) is 50.1 Å². The molecule has 1 aliphatic carbocycles. The van der Waals surface area contributed by atoms with Crippen LogP contribution >= 0.6 is 0 Å². The molecule has 0 spiro atoms. The van der Waals surface area contributed by atoms with E-state index in [9.17, 15) is 14.7 Å². The van der Waals surface area contributed by atoms with Crippen molar-refractivity contribution in [3.8, 4) is 0 Å². The maximum Gasteiger partial charge on any atom is 0.156 e. The maximum atomic E-state index is 11.6. The molecular weight excluding hydrogens is 240 g/mol. The lowest BCUT2D eigenvalue weighted by molar-refractivity contribution is -0.121. The van der Waals surface area contributed by atoms with Crippen molar-refractivity contribution in [2.24, 2.45) is 5.41 Å². The molecule has 0 saturated heterocycles. The lowest BCUT2D eigenvalue weighted by Gasteiger charge is -2.44. The number of carbonyl (C=O) groups is 2. The van der Waals surface area contributed by atoms with Crippen molar-refractivity contribution in [3.05, 3.63) is 35.5 Å². The zero-order chi connectivity index (χ0) is 14.8. The Morgan fingerprint density at radius 1 is 1.37 bits per heavy atom. The first-order valence-corrected chi connectivity index (χ1v) is 6.40. The Morgan fingerprint density at radius 2 is 1.95 bits per heavy atom. The number of hydrogen-bond acceptors (Lipinski definition) is 3. The average molecular weight is 262 g/mol. The van der Waals surface area contributed by atoms with Gasteiger partial charge in [-0.15, -0.1) is 0 Å². The monoisotopic (exact) mass is 262 g/mol. The minimum atomic E-state index is -1.16. The molecule has 0 bridgehead atoms. The van der Waals surface area contributed by atoms with Gasteiger partial charge in [0, 0.05) is 11.8 Å². The van der Waals surface area contributed by atoms with Crippen molar-refractivity contribution < 1.29 is 14.7 Å². The van der Waals surface area contributed by atoms with Crippen molar-refractivity contribution in [2.45, 2.75) is 46.6 Å². The standard InChI is InChI=1S/C16H22O3/c1-11(8-13(3)17)6-7-16(19)12(2)9-14(18)10-15(16,4)5/h6-9,19H,10H2,1-5H3/b7-6+,11-8+. The van der Waals surface area contributed by atoms with Crippen LogP contribution in [0.25, 0.3) is 0 Å². The average Bonchev–Trinajstić information content (AvgIpc) is 2.21. The Hall–Kier alpha value is -1.48. The zero-order valence-electron chi connectivity index (χ0n) is 12.3. The molecule has 19 heavy (non-hydrogen) atoms. The molecule has 0 heterocycles. The van der Waals surface area contributed by atoms with Gasteiger partial charge in [-0.25, -0.2) is 0 Å². The van der Waals surface area contributed by atoms with Crippen LogP contribution in [0, 0.1) is 5.41 Å². The number of hydrogen-bond donors (Lipinski definition) is 1. The van der Waals surface area contributed by atoms with E-state index in [0.29, 0.717) is 12.0 Å². The van der Waals surface area contributed by atoms with Gasteiger partial charge in [0.1, 0.15) is 5.60 Å². The van der Waals surface area contributed by atoms with Crippen LogP contribution in [-0.2, 0) is 9.59 Å². The van der Waals surface area contributed by atoms with Crippen LogP contribution in [0.3, 0.4) is 0 Å². The normalized spacial score (nSPS) is 27.6. The summed E-state index contributed by atoms with van der Waals surface area (Å²) < 4.78 is 0. The van der Waals surface area contributed by atoms with Crippen LogP contribution in [0.1, 0.15) is 41.0 Å². The van der Waals surface area contributed by atoms with E-state index in [2.05, 4.69) is 0 Å². The highest BCUT2D eigenvalue weighted by molar-refractivity contribution is 5.93. The molecule has 0 amide bonds. The summed E-state index contributed by atoms with van der Waals surface area (Å²) in [5.41, 5.74) is -0.301. The molecular formula is C16H22O3. The molecule has 0 saturated carbocycles. The highest BCUT2D eigenvalue weighted by atomic mass is 16.3. The van der Waals surface area contributed by atoms with Gasteiger partial charge in [0.25, 0.3) is 0 Å². The first kappa shape index (κ1) is 15.6. The fraction of sp³-hybridized carbons (Fsp3) is 0.500. The highest BCUT2D eigenvalue weighted by Gasteiger charge is 2.46. The zero-order valence-corrected chi connectivity index (χ0v) is 12.3. The maximum absolute atomic E-state index is 11.6. The Labute approximate surface area is 114 Å². The van der Waals surface area contributed by atoms with E-state index >= 15 is 0 Å². The van der Waals surface area contributed by atoms with Crippen molar-refractivity contribution in [3.63, 3.8) is 0 Å². The molecule has 0 aliphatic heterocycles. The topological polar surface area (TPSA) is 54.4 Å². The number of ketones is 2. The SMILES string of the molecule is CC(=O)/C=C(C)/C=C/C1(O)C(C)=CC(=O)CC1(C)C. The van der Waals surface area contributed by atoms with E-state index in [4.69, 9.17) is 0 Å². The van der Waals surface area contributed by atoms with Gasteiger partial charge in [-0.1, -0.05) is 19.9 Å². The van der Waals surface area contributed by atoms with E-state index in [-0.39, 0.29) is 11.6 Å². The fourth-order valence-electron chi connectivity index (χ4n) is 2.48. The molecule has 0 aromatic heterocycles. The summed E-state index contributed by atoms with van der Waals surface area (Å²) in [6.45, 7) is 8.79. The van der Waals surface area contributed by atoms with Crippen molar-refractivity contribution in [2.75, 3.05) is 0 Å². The van der Waals surface area contributed by atoms with Gasteiger partial charge < -0.3 is 5.11 Å². The highest BCUT2D eigenvalue weighted by Crippen LogP contribution is 2.44. The summed E-state index contributed by atoms with van der Waals surface area (Å²) in [4.78, 5) is 22.6. The lowest BCUT2D eigenvalue weighted by atomic mass is 9.64.